The van der Waals surface area contributed by atoms with Gasteiger partial charge in [-0.15, -0.1) is 24.8 Å². The van der Waals surface area contributed by atoms with Crippen LogP contribution < -0.4 is 10.2 Å². The molecular formula is C22H24Cl2N4O2S. The standard InChI is InChI=1S/C22H22N4O2S.2ClH/c1-25-20-10-9-17(26-13-11-23-12-14-26)15-19(20)22(24-25)29(27,28)21-8-4-6-16-5-2-3-7-18(16)21;;/h2-10,15,23H,11-14H2,1H3;2*1H. The Morgan fingerprint density at radius 1 is 0.903 bits per heavy atom. The van der Waals surface area contributed by atoms with Gasteiger partial charge < -0.3 is 10.2 Å². The van der Waals surface area contributed by atoms with Crippen molar-refractivity contribution >= 4 is 62.0 Å². The highest BCUT2D eigenvalue weighted by molar-refractivity contribution is 7.91. The molecule has 2 heterocycles. The number of benzene rings is 3. The van der Waals surface area contributed by atoms with Crippen molar-refractivity contribution in [2.24, 2.45) is 7.05 Å². The van der Waals surface area contributed by atoms with Crippen LogP contribution in [0, 0.1) is 0 Å². The normalized spacial score (nSPS) is 14.3. The molecule has 0 amide bonds. The fourth-order valence-electron chi connectivity index (χ4n) is 4.07. The summed E-state index contributed by atoms with van der Waals surface area (Å²) in [6.45, 7) is 3.65. The van der Waals surface area contributed by atoms with Gasteiger partial charge in [0.05, 0.1) is 10.4 Å². The molecule has 4 aromatic rings. The zero-order chi connectivity index (χ0) is 20.0. The van der Waals surface area contributed by atoms with Crippen molar-refractivity contribution in [2.45, 2.75) is 9.92 Å². The highest BCUT2D eigenvalue weighted by Gasteiger charge is 2.27. The number of hydrogen-bond acceptors (Lipinski definition) is 5. The second-order valence-corrected chi connectivity index (χ2v) is 9.18. The zero-order valence-electron chi connectivity index (χ0n) is 17.0. The van der Waals surface area contributed by atoms with Crippen molar-refractivity contribution in [3.05, 3.63) is 60.7 Å². The van der Waals surface area contributed by atoms with E-state index in [1.165, 1.54) is 0 Å². The monoisotopic (exact) mass is 478 g/mol. The molecule has 1 aliphatic rings. The molecule has 3 aromatic carbocycles. The van der Waals surface area contributed by atoms with E-state index in [9.17, 15) is 8.42 Å². The number of piperazine rings is 1. The zero-order valence-corrected chi connectivity index (χ0v) is 19.4. The van der Waals surface area contributed by atoms with Gasteiger partial charge in [-0.05, 0) is 29.7 Å². The molecule has 1 N–H and O–H groups in total. The van der Waals surface area contributed by atoms with E-state index in [0.717, 1.165) is 42.8 Å². The van der Waals surface area contributed by atoms with Crippen molar-refractivity contribution in [3.8, 4) is 0 Å². The van der Waals surface area contributed by atoms with E-state index in [1.54, 1.807) is 23.9 Å². The SMILES string of the molecule is Cl.Cl.Cn1nc(S(=O)(=O)c2cccc3ccccc23)c2cc(N3CCNCC3)ccc21. The van der Waals surface area contributed by atoms with Crippen LogP contribution in [0.4, 0.5) is 5.69 Å². The third kappa shape index (κ3) is 3.99. The first-order chi connectivity index (χ1) is 14.1. The lowest BCUT2D eigenvalue weighted by Crippen LogP contribution is -2.43. The molecule has 31 heavy (non-hydrogen) atoms. The number of sulfone groups is 1. The number of fused-ring (bicyclic) bond motifs is 2. The van der Waals surface area contributed by atoms with Crippen LogP contribution in [-0.4, -0.2) is 44.4 Å². The molecule has 164 valence electrons. The topological polar surface area (TPSA) is 67.2 Å². The molecule has 1 aromatic heterocycles. The van der Waals surface area contributed by atoms with Crippen molar-refractivity contribution in [1.82, 2.24) is 15.1 Å². The molecular weight excluding hydrogens is 455 g/mol. The van der Waals surface area contributed by atoms with Gasteiger partial charge in [0.1, 0.15) is 0 Å². The highest BCUT2D eigenvalue weighted by atomic mass is 35.5. The molecule has 5 rings (SSSR count). The Morgan fingerprint density at radius 2 is 1.61 bits per heavy atom. The van der Waals surface area contributed by atoms with E-state index in [2.05, 4.69) is 15.3 Å². The Hall–Kier alpha value is -2.32. The maximum atomic E-state index is 13.7. The molecule has 0 saturated carbocycles. The van der Waals surface area contributed by atoms with Crippen LogP contribution in [0.2, 0.25) is 0 Å². The van der Waals surface area contributed by atoms with Crippen molar-refractivity contribution in [2.75, 3.05) is 31.1 Å². The number of nitrogens with zero attached hydrogens (tertiary/aromatic N) is 3. The van der Waals surface area contributed by atoms with Crippen molar-refractivity contribution < 1.29 is 8.42 Å². The van der Waals surface area contributed by atoms with Crippen LogP contribution in [0.5, 0.6) is 0 Å². The summed E-state index contributed by atoms with van der Waals surface area (Å²) in [7, 11) is -1.99. The van der Waals surface area contributed by atoms with Gasteiger partial charge in [-0.3, -0.25) is 4.68 Å². The molecule has 0 bridgehead atoms. The second kappa shape index (κ2) is 9.04. The predicted octanol–water partition coefficient (Wildman–Crippen LogP) is 3.81. The third-order valence-corrected chi connectivity index (χ3v) is 7.32. The molecule has 9 heteroatoms. The van der Waals surface area contributed by atoms with Crippen LogP contribution in [0.15, 0.2) is 70.6 Å². The predicted molar refractivity (Wildman–Crippen MR) is 130 cm³/mol. The second-order valence-electron chi connectivity index (χ2n) is 7.35. The molecule has 1 aliphatic heterocycles. The average molecular weight is 479 g/mol. The Balaban J connectivity index is 0.00000136. The molecule has 1 fully saturated rings. The maximum Gasteiger partial charge on any atom is 0.226 e. The first kappa shape index (κ1) is 23.3. The number of anilines is 1. The number of hydrogen-bond donors (Lipinski definition) is 1. The van der Waals surface area contributed by atoms with E-state index in [4.69, 9.17) is 0 Å². The van der Waals surface area contributed by atoms with Crippen LogP contribution in [-0.2, 0) is 16.9 Å². The minimum Gasteiger partial charge on any atom is -0.369 e. The minimum absolute atomic E-state index is 0. The van der Waals surface area contributed by atoms with Gasteiger partial charge in [-0.1, -0.05) is 36.4 Å². The van der Waals surface area contributed by atoms with E-state index in [1.807, 2.05) is 48.5 Å². The van der Waals surface area contributed by atoms with E-state index in [-0.39, 0.29) is 29.8 Å². The number of nitrogens with one attached hydrogen (secondary N) is 1. The lowest BCUT2D eigenvalue weighted by atomic mass is 10.1. The van der Waals surface area contributed by atoms with Crippen LogP contribution in [0.1, 0.15) is 0 Å². The molecule has 0 aliphatic carbocycles. The minimum atomic E-state index is -3.78. The Kier molecular flexibility index (Phi) is 6.81. The van der Waals surface area contributed by atoms with Gasteiger partial charge in [0, 0.05) is 49.7 Å². The quantitative estimate of drug-likeness (QED) is 0.484. The molecule has 6 nitrogen and oxygen atoms in total. The lowest BCUT2D eigenvalue weighted by molar-refractivity contribution is 0.589. The molecule has 0 spiro atoms. The molecule has 0 unspecified atom stereocenters. The van der Waals surface area contributed by atoms with E-state index < -0.39 is 9.84 Å². The van der Waals surface area contributed by atoms with Crippen LogP contribution in [0.25, 0.3) is 21.7 Å². The van der Waals surface area contributed by atoms with Crippen LogP contribution >= 0.6 is 24.8 Å². The smallest absolute Gasteiger partial charge is 0.226 e. The Labute approximate surface area is 194 Å². The summed E-state index contributed by atoms with van der Waals surface area (Å²) in [5, 5.41) is 10.2. The van der Waals surface area contributed by atoms with Gasteiger partial charge in [0.25, 0.3) is 0 Å². The number of aryl methyl sites for hydroxylation is 1. The third-order valence-electron chi connectivity index (χ3n) is 5.58. The molecule has 0 radical (unpaired) electrons. The van der Waals surface area contributed by atoms with Gasteiger partial charge in [-0.25, -0.2) is 8.42 Å². The summed E-state index contributed by atoms with van der Waals surface area (Å²) >= 11 is 0. The first-order valence-electron chi connectivity index (χ1n) is 9.71. The van der Waals surface area contributed by atoms with E-state index >= 15 is 0 Å². The summed E-state index contributed by atoms with van der Waals surface area (Å²) in [5.41, 5.74) is 1.84. The Bertz CT molecular complexity index is 1330. The fourth-order valence-corrected chi connectivity index (χ4v) is 5.70. The number of rotatable bonds is 3. The van der Waals surface area contributed by atoms with Gasteiger partial charge in [-0.2, -0.15) is 5.10 Å². The number of halogens is 2. The largest absolute Gasteiger partial charge is 0.369 e. The summed E-state index contributed by atoms with van der Waals surface area (Å²) in [6, 6.07) is 18.9. The summed E-state index contributed by atoms with van der Waals surface area (Å²) in [5.74, 6) is 0. The first-order valence-corrected chi connectivity index (χ1v) is 11.2. The van der Waals surface area contributed by atoms with Crippen LogP contribution in [0.3, 0.4) is 0 Å². The molecule has 1 saturated heterocycles. The van der Waals surface area contributed by atoms with Crippen molar-refractivity contribution in [1.29, 1.82) is 0 Å². The van der Waals surface area contributed by atoms with Gasteiger partial charge in [0.15, 0.2) is 5.03 Å². The Morgan fingerprint density at radius 3 is 2.39 bits per heavy atom. The summed E-state index contributed by atoms with van der Waals surface area (Å²) in [4.78, 5) is 2.57. The summed E-state index contributed by atoms with van der Waals surface area (Å²) < 4.78 is 29.0. The highest BCUT2D eigenvalue weighted by Crippen LogP contribution is 2.33. The van der Waals surface area contributed by atoms with E-state index in [0.29, 0.717) is 15.7 Å². The van der Waals surface area contributed by atoms with Gasteiger partial charge >= 0.3 is 0 Å². The maximum absolute atomic E-state index is 13.7. The number of aromatic nitrogens is 2. The average Bonchev–Trinajstić information content (AvgIpc) is 3.10. The lowest BCUT2D eigenvalue weighted by Gasteiger charge is -2.29. The molecule has 0 atom stereocenters. The van der Waals surface area contributed by atoms with Gasteiger partial charge in [0.2, 0.25) is 9.84 Å². The van der Waals surface area contributed by atoms with Crippen molar-refractivity contribution in [3.63, 3.8) is 0 Å². The summed E-state index contributed by atoms with van der Waals surface area (Å²) in [6.07, 6.45) is 0. The fraction of sp³-hybridized carbons (Fsp3) is 0.227.